The third-order valence-corrected chi connectivity index (χ3v) is 4.89. The number of aryl methyl sites for hydroxylation is 1. The number of hydrogen-bond donors (Lipinski definition) is 1. The maximum atomic E-state index is 12.9. The van der Waals surface area contributed by atoms with Crippen LogP contribution in [0.15, 0.2) is 21.9 Å². The maximum Gasteiger partial charge on any atom is 0.329 e. The van der Waals surface area contributed by atoms with Crippen molar-refractivity contribution in [3.05, 3.63) is 38.7 Å². The van der Waals surface area contributed by atoms with Crippen molar-refractivity contribution in [1.82, 2.24) is 19.4 Å². The van der Waals surface area contributed by atoms with Crippen molar-refractivity contribution >= 4 is 16.9 Å². The lowest BCUT2D eigenvalue weighted by atomic mass is 10.1. The van der Waals surface area contributed by atoms with Gasteiger partial charge in [0, 0.05) is 25.3 Å². The number of carbonyl (C=O) groups excluding carboxylic acids is 1. The van der Waals surface area contributed by atoms with Gasteiger partial charge in [0.05, 0.1) is 10.9 Å². The van der Waals surface area contributed by atoms with Crippen molar-refractivity contribution in [3.8, 4) is 0 Å². The van der Waals surface area contributed by atoms with Gasteiger partial charge < -0.3 is 4.90 Å². The molecule has 3 rings (SSSR count). The van der Waals surface area contributed by atoms with Crippen LogP contribution in [0.5, 0.6) is 0 Å². The average Bonchev–Trinajstić information content (AvgIpc) is 3.13. The van der Waals surface area contributed by atoms with Gasteiger partial charge in [-0.3, -0.25) is 19.1 Å². The van der Waals surface area contributed by atoms with E-state index in [2.05, 4.69) is 9.97 Å². The molecule has 1 amide bonds. The lowest BCUT2D eigenvalue weighted by molar-refractivity contribution is 0.0693. The van der Waals surface area contributed by atoms with E-state index < -0.39 is 11.2 Å². The van der Waals surface area contributed by atoms with E-state index >= 15 is 0 Å². The number of H-pyrrole nitrogens is 1. The highest BCUT2D eigenvalue weighted by atomic mass is 16.2. The Morgan fingerprint density at radius 2 is 2.04 bits per heavy atom. The number of hydrogen-bond acceptors (Lipinski definition) is 4. The van der Waals surface area contributed by atoms with E-state index in [9.17, 15) is 14.4 Å². The summed E-state index contributed by atoms with van der Waals surface area (Å²) in [6.07, 6.45) is 6.57. The number of amides is 1. The van der Waals surface area contributed by atoms with Crippen LogP contribution in [0.4, 0.5) is 0 Å². The van der Waals surface area contributed by atoms with Crippen LogP contribution in [-0.4, -0.2) is 37.9 Å². The summed E-state index contributed by atoms with van der Waals surface area (Å²) < 4.78 is 1.44. The van der Waals surface area contributed by atoms with Gasteiger partial charge in [0.15, 0.2) is 0 Å². The zero-order valence-electron chi connectivity index (χ0n) is 14.7. The Labute approximate surface area is 145 Å². The number of pyridine rings is 1. The number of nitrogens with one attached hydrogen (secondary N) is 1. The molecule has 1 aliphatic carbocycles. The summed E-state index contributed by atoms with van der Waals surface area (Å²) in [5.41, 5.74) is -0.241. The lowest BCUT2D eigenvalue weighted by Gasteiger charge is -2.27. The molecule has 2 aromatic rings. The largest absolute Gasteiger partial charge is 0.336 e. The quantitative estimate of drug-likeness (QED) is 0.897. The monoisotopic (exact) mass is 344 g/mol. The number of fused-ring (bicyclic) bond motifs is 1. The van der Waals surface area contributed by atoms with Crippen LogP contribution in [0.3, 0.4) is 0 Å². The number of aromatic nitrogens is 3. The second-order valence-corrected chi connectivity index (χ2v) is 6.54. The predicted octanol–water partition coefficient (Wildman–Crippen LogP) is 1.90. The number of carbonyl (C=O) groups is 1. The summed E-state index contributed by atoms with van der Waals surface area (Å²) >= 11 is 0. The Morgan fingerprint density at radius 3 is 2.68 bits per heavy atom. The molecule has 2 aromatic heterocycles. The van der Waals surface area contributed by atoms with Gasteiger partial charge >= 0.3 is 5.69 Å². The summed E-state index contributed by atoms with van der Waals surface area (Å²) in [5, 5.41) is 0.279. The van der Waals surface area contributed by atoms with E-state index in [1.165, 1.54) is 10.8 Å². The normalized spacial score (nSPS) is 15.0. The van der Waals surface area contributed by atoms with Crippen molar-refractivity contribution in [2.45, 2.75) is 58.5 Å². The summed E-state index contributed by atoms with van der Waals surface area (Å²) in [7, 11) is 0. The fourth-order valence-electron chi connectivity index (χ4n) is 3.67. The van der Waals surface area contributed by atoms with E-state index in [0.717, 1.165) is 32.1 Å². The molecule has 2 heterocycles. The highest BCUT2D eigenvalue weighted by Gasteiger charge is 2.26. The lowest BCUT2D eigenvalue weighted by Crippen LogP contribution is -2.39. The van der Waals surface area contributed by atoms with Crippen LogP contribution in [-0.2, 0) is 6.54 Å². The second-order valence-electron chi connectivity index (χ2n) is 6.54. The predicted molar refractivity (Wildman–Crippen MR) is 95.9 cm³/mol. The molecule has 0 unspecified atom stereocenters. The summed E-state index contributed by atoms with van der Waals surface area (Å²) in [6.45, 7) is 5.02. The molecule has 0 saturated heterocycles. The fraction of sp³-hybridized carbons (Fsp3) is 0.556. The molecule has 7 nitrogen and oxygen atoms in total. The van der Waals surface area contributed by atoms with Gasteiger partial charge in [0.2, 0.25) is 0 Å². The number of rotatable bonds is 5. The SMILES string of the molecule is CCCn1c(=O)[nH]c(=O)c2cc(C(=O)N(CC)C3CCCC3)cnc21. The molecule has 0 aromatic carbocycles. The molecule has 1 saturated carbocycles. The van der Waals surface area contributed by atoms with Gasteiger partial charge in [-0.25, -0.2) is 9.78 Å². The minimum atomic E-state index is -0.501. The summed E-state index contributed by atoms with van der Waals surface area (Å²) in [4.78, 5) is 45.5. The zero-order valence-corrected chi connectivity index (χ0v) is 14.7. The van der Waals surface area contributed by atoms with Gasteiger partial charge in [-0.2, -0.15) is 0 Å². The van der Waals surface area contributed by atoms with Crippen molar-refractivity contribution < 1.29 is 4.79 Å². The Morgan fingerprint density at radius 1 is 1.32 bits per heavy atom. The van der Waals surface area contributed by atoms with Crippen LogP contribution in [0.2, 0.25) is 0 Å². The molecule has 1 aliphatic rings. The second kappa shape index (κ2) is 7.21. The van der Waals surface area contributed by atoms with Gasteiger partial charge in [0.25, 0.3) is 11.5 Å². The first-order valence-electron chi connectivity index (χ1n) is 9.00. The summed E-state index contributed by atoms with van der Waals surface area (Å²) in [6, 6.07) is 1.83. The molecular weight excluding hydrogens is 320 g/mol. The van der Waals surface area contributed by atoms with Gasteiger partial charge in [0.1, 0.15) is 5.65 Å². The van der Waals surface area contributed by atoms with Crippen molar-refractivity contribution in [2.75, 3.05) is 6.54 Å². The number of aromatic amines is 1. The molecule has 0 radical (unpaired) electrons. The van der Waals surface area contributed by atoms with E-state index in [-0.39, 0.29) is 17.3 Å². The molecule has 0 atom stereocenters. The highest BCUT2D eigenvalue weighted by molar-refractivity contribution is 5.96. The number of nitrogens with zero attached hydrogens (tertiary/aromatic N) is 3. The van der Waals surface area contributed by atoms with Crippen LogP contribution >= 0.6 is 0 Å². The van der Waals surface area contributed by atoms with Gasteiger partial charge in [-0.15, -0.1) is 0 Å². The molecule has 134 valence electrons. The molecule has 0 bridgehead atoms. The third-order valence-electron chi connectivity index (χ3n) is 4.89. The maximum absolute atomic E-state index is 12.9. The Balaban J connectivity index is 2.04. The molecule has 0 aliphatic heterocycles. The van der Waals surface area contributed by atoms with E-state index in [4.69, 9.17) is 0 Å². The summed E-state index contributed by atoms with van der Waals surface area (Å²) in [5.74, 6) is -0.101. The topological polar surface area (TPSA) is 88.1 Å². The first-order valence-corrected chi connectivity index (χ1v) is 9.00. The molecule has 25 heavy (non-hydrogen) atoms. The fourth-order valence-corrected chi connectivity index (χ4v) is 3.67. The standard InChI is InChI=1S/C18H24N4O3/c1-3-9-22-15-14(16(23)20-18(22)25)10-12(11-19-15)17(24)21(4-2)13-7-5-6-8-13/h10-11,13H,3-9H2,1-2H3,(H,20,23,25). The molecular formula is C18H24N4O3. The third kappa shape index (κ3) is 3.23. The van der Waals surface area contributed by atoms with E-state index in [1.807, 2.05) is 18.7 Å². The minimum absolute atomic E-state index is 0.101. The minimum Gasteiger partial charge on any atom is -0.336 e. The Bertz CT molecular complexity index is 893. The molecule has 7 heteroatoms. The smallest absolute Gasteiger partial charge is 0.329 e. The molecule has 0 spiro atoms. The molecule has 1 fully saturated rings. The Hall–Kier alpha value is -2.44. The van der Waals surface area contributed by atoms with E-state index in [1.54, 1.807) is 6.07 Å². The first kappa shape index (κ1) is 17.4. The van der Waals surface area contributed by atoms with Crippen molar-refractivity contribution in [2.24, 2.45) is 0 Å². The van der Waals surface area contributed by atoms with Crippen molar-refractivity contribution in [1.29, 1.82) is 0 Å². The van der Waals surface area contributed by atoms with Crippen molar-refractivity contribution in [3.63, 3.8) is 0 Å². The average molecular weight is 344 g/mol. The zero-order chi connectivity index (χ0) is 18.0. The Kier molecular flexibility index (Phi) is 5.01. The van der Waals surface area contributed by atoms with Crippen LogP contribution in [0.1, 0.15) is 56.3 Å². The van der Waals surface area contributed by atoms with Crippen LogP contribution < -0.4 is 11.2 Å². The van der Waals surface area contributed by atoms with Crippen LogP contribution in [0, 0.1) is 0 Å². The first-order chi connectivity index (χ1) is 12.1. The van der Waals surface area contributed by atoms with Crippen LogP contribution in [0.25, 0.3) is 11.0 Å². The van der Waals surface area contributed by atoms with Gasteiger partial charge in [-0.05, 0) is 32.3 Å². The van der Waals surface area contributed by atoms with Gasteiger partial charge in [-0.1, -0.05) is 19.8 Å². The highest BCUT2D eigenvalue weighted by Crippen LogP contribution is 2.25. The molecule has 1 N–H and O–H groups in total. The van der Waals surface area contributed by atoms with E-state index in [0.29, 0.717) is 24.3 Å².